The van der Waals surface area contributed by atoms with Crippen LogP contribution >= 0.6 is 43.5 Å². The number of benzene rings is 2. The zero-order chi connectivity index (χ0) is 14.0. The molecule has 0 fully saturated rings. The van der Waals surface area contributed by atoms with E-state index in [0.29, 0.717) is 25.2 Å². The third-order valence-electron chi connectivity index (χ3n) is 2.30. The molecule has 2 nitrogen and oxygen atoms in total. The molecule has 0 spiro atoms. The van der Waals surface area contributed by atoms with Gasteiger partial charge in [0, 0.05) is 19.5 Å². The molecule has 0 radical (unpaired) electrons. The molecule has 1 N–H and O–H groups in total. The third kappa shape index (κ3) is 3.78. The standard InChI is InChI=1S/C13H7Br2ClFNO/c14-8-3-7(4-9(16)5-8)13(19)18-12-6-10(17)1-2-11(12)15/h1-6H,(H,18,19). The van der Waals surface area contributed by atoms with Crippen LogP contribution in [0.4, 0.5) is 10.1 Å². The second kappa shape index (κ2) is 6.03. The summed E-state index contributed by atoms with van der Waals surface area (Å²) in [6, 6.07) is 8.91. The molecule has 2 aromatic rings. The first kappa shape index (κ1) is 14.5. The summed E-state index contributed by atoms with van der Waals surface area (Å²) in [6.45, 7) is 0. The molecule has 0 bridgehead atoms. The van der Waals surface area contributed by atoms with Crippen LogP contribution in [0.25, 0.3) is 0 Å². The van der Waals surface area contributed by atoms with Gasteiger partial charge in [-0.3, -0.25) is 4.79 Å². The van der Waals surface area contributed by atoms with Gasteiger partial charge in [-0.15, -0.1) is 0 Å². The number of rotatable bonds is 2. The Kier molecular flexibility index (Phi) is 4.60. The van der Waals surface area contributed by atoms with Crippen LogP contribution in [0.5, 0.6) is 0 Å². The van der Waals surface area contributed by atoms with Crippen LogP contribution in [-0.4, -0.2) is 5.91 Å². The Morgan fingerprint density at radius 2 is 1.89 bits per heavy atom. The van der Waals surface area contributed by atoms with E-state index >= 15 is 0 Å². The minimum absolute atomic E-state index is 0.362. The zero-order valence-corrected chi connectivity index (χ0v) is 13.3. The SMILES string of the molecule is O=C(Nc1cc(F)ccc1Br)c1cc(Cl)cc(Br)c1. The van der Waals surface area contributed by atoms with E-state index in [1.54, 1.807) is 12.1 Å². The third-order valence-corrected chi connectivity index (χ3v) is 3.67. The van der Waals surface area contributed by atoms with Crippen molar-refractivity contribution in [3.05, 3.63) is 61.7 Å². The molecule has 6 heteroatoms. The highest BCUT2D eigenvalue weighted by Crippen LogP contribution is 2.25. The Morgan fingerprint density at radius 1 is 1.16 bits per heavy atom. The van der Waals surface area contributed by atoms with Gasteiger partial charge >= 0.3 is 0 Å². The summed E-state index contributed by atoms with van der Waals surface area (Å²) < 4.78 is 14.4. The molecule has 0 atom stereocenters. The van der Waals surface area contributed by atoms with Gasteiger partial charge in [0.05, 0.1) is 5.69 Å². The Hall–Kier alpha value is -0.910. The van der Waals surface area contributed by atoms with Crippen molar-refractivity contribution < 1.29 is 9.18 Å². The lowest BCUT2D eigenvalue weighted by Gasteiger charge is -2.08. The molecule has 19 heavy (non-hydrogen) atoms. The highest BCUT2D eigenvalue weighted by Gasteiger charge is 2.10. The summed E-state index contributed by atoms with van der Waals surface area (Å²) in [5.41, 5.74) is 0.747. The van der Waals surface area contributed by atoms with E-state index < -0.39 is 5.82 Å². The van der Waals surface area contributed by atoms with Crippen LogP contribution in [0.15, 0.2) is 45.3 Å². The topological polar surface area (TPSA) is 29.1 Å². The normalized spacial score (nSPS) is 10.3. The molecule has 0 aliphatic rings. The van der Waals surface area contributed by atoms with Crippen LogP contribution in [0.3, 0.4) is 0 Å². The number of carbonyl (C=O) groups excluding carboxylic acids is 1. The van der Waals surface area contributed by atoms with E-state index in [9.17, 15) is 9.18 Å². The summed E-state index contributed by atoms with van der Waals surface area (Å²) in [5, 5.41) is 3.06. The maximum atomic E-state index is 13.1. The van der Waals surface area contributed by atoms with Gasteiger partial charge in [0.1, 0.15) is 5.82 Å². The van der Waals surface area contributed by atoms with E-state index in [4.69, 9.17) is 11.6 Å². The molecule has 0 aliphatic carbocycles. The monoisotopic (exact) mass is 405 g/mol. The smallest absolute Gasteiger partial charge is 0.255 e. The van der Waals surface area contributed by atoms with E-state index in [2.05, 4.69) is 37.2 Å². The molecule has 0 aromatic heterocycles. The average molecular weight is 407 g/mol. The largest absolute Gasteiger partial charge is 0.321 e. The summed E-state index contributed by atoms with van der Waals surface area (Å²) in [6.07, 6.45) is 0. The summed E-state index contributed by atoms with van der Waals surface area (Å²) in [7, 11) is 0. The fourth-order valence-corrected chi connectivity index (χ4v) is 2.68. The molecule has 2 aromatic carbocycles. The lowest BCUT2D eigenvalue weighted by atomic mass is 10.2. The molecule has 0 unspecified atom stereocenters. The number of anilines is 1. The predicted molar refractivity (Wildman–Crippen MR) is 81.2 cm³/mol. The molecule has 0 saturated heterocycles. The van der Waals surface area contributed by atoms with E-state index in [1.807, 2.05) is 0 Å². The number of carbonyl (C=O) groups is 1. The van der Waals surface area contributed by atoms with Crippen molar-refractivity contribution in [2.75, 3.05) is 5.32 Å². The lowest BCUT2D eigenvalue weighted by Crippen LogP contribution is -2.12. The first-order valence-electron chi connectivity index (χ1n) is 5.18. The molecule has 2 rings (SSSR count). The van der Waals surface area contributed by atoms with Crippen LogP contribution in [-0.2, 0) is 0 Å². The minimum atomic E-state index is -0.425. The van der Waals surface area contributed by atoms with Crippen molar-refractivity contribution in [3.8, 4) is 0 Å². The van der Waals surface area contributed by atoms with Gasteiger partial charge in [-0.1, -0.05) is 27.5 Å². The van der Waals surface area contributed by atoms with Crippen molar-refractivity contribution >= 4 is 55.1 Å². The van der Waals surface area contributed by atoms with E-state index in [-0.39, 0.29) is 5.91 Å². The average Bonchev–Trinajstić information content (AvgIpc) is 2.32. The highest BCUT2D eigenvalue weighted by atomic mass is 79.9. The summed E-state index contributed by atoms with van der Waals surface area (Å²) in [5.74, 6) is -0.791. The Bertz CT molecular complexity index is 628. The predicted octanol–water partition coefficient (Wildman–Crippen LogP) is 5.26. The van der Waals surface area contributed by atoms with Gasteiger partial charge in [0.25, 0.3) is 5.91 Å². The van der Waals surface area contributed by atoms with Crippen molar-refractivity contribution in [1.82, 2.24) is 0 Å². The zero-order valence-electron chi connectivity index (χ0n) is 9.38. The van der Waals surface area contributed by atoms with Crippen LogP contribution in [0.2, 0.25) is 5.02 Å². The van der Waals surface area contributed by atoms with Gasteiger partial charge < -0.3 is 5.32 Å². The molecular formula is C13H7Br2ClFNO. The van der Waals surface area contributed by atoms with Gasteiger partial charge in [-0.25, -0.2) is 4.39 Å². The van der Waals surface area contributed by atoms with Gasteiger partial charge in [0.2, 0.25) is 0 Å². The van der Waals surface area contributed by atoms with Crippen molar-refractivity contribution in [1.29, 1.82) is 0 Å². The fourth-order valence-electron chi connectivity index (χ4n) is 1.47. The van der Waals surface area contributed by atoms with Crippen molar-refractivity contribution in [2.45, 2.75) is 0 Å². The Morgan fingerprint density at radius 3 is 2.58 bits per heavy atom. The minimum Gasteiger partial charge on any atom is -0.321 e. The van der Waals surface area contributed by atoms with E-state index in [1.165, 1.54) is 24.3 Å². The first-order chi connectivity index (χ1) is 8.95. The lowest BCUT2D eigenvalue weighted by molar-refractivity contribution is 0.102. The maximum Gasteiger partial charge on any atom is 0.255 e. The molecule has 0 heterocycles. The molecule has 0 saturated carbocycles. The molecule has 1 amide bonds. The number of hydrogen-bond donors (Lipinski definition) is 1. The highest BCUT2D eigenvalue weighted by molar-refractivity contribution is 9.10. The summed E-state index contributed by atoms with van der Waals surface area (Å²) >= 11 is 12.4. The number of halogens is 4. The van der Waals surface area contributed by atoms with Crippen LogP contribution in [0.1, 0.15) is 10.4 Å². The van der Waals surface area contributed by atoms with Crippen molar-refractivity contribution in [3.63, 3.8) is 0 Å². The maximum absolute atomic E-state index is 13.1. The molecular weight excluding hydrogens is 400 g/mol. The fraction of sp³-hybridized carbons (Fsp3) is 0. The second-order valence-corrected chi connectivity index (χ2v) is 5.94. The van der Waals surface area contributed by atoms with Crippen molar-refractivity contribution in [2.24, 2.45) is 0 Å². The quantitative estimate of drug-likeness (QED) is 0.723. The van der Waals surface area contributed by atoms with Crippen LogP contribution in [0, 0.1) is 5.82 Å². The van der Waals surface area contributed by atoms with Crippen LogP contribution < -0.4 is 5.32 Å². The Balaban J connectivity index is 2.28. The summed E-state index contributed by atoms with van der Waals surface area (Å²) in [4.78, 5) is 12.0. The number of hydrogen-bond acceptors (Lipinski definition) is 1. The Labute approximate surface area is 131 Å². The van der Waals surface area contributed by atoms with Gasteiger partial charge in [-0.2, -0.15) is 0 Å². The molecule has 98 valence electrons. The van der Waals surface area contributed by atoms with Gasteiger partial charge in [-0.05, 0) is 52.3 Å². The first-order valence-corrected chi connectivity index (χ1v) is 7.14. The number of nitrogens with one attached hydrogen (secondary N) is 1. The van der Waals surface area contributed by atoms with E-state index in [0.717, 1.165) is 0 Å². The molecule has 0 aliphatic heterocycles. The number of amides is 1. The second-order valence-electron chi connectivity index (χ2n) is 3.74. The van der Waals surface area contributed by atoms with Gasteiger partial charge in [0.15, 0.2) is 0 Å².